The molecule has 0 aromatic carbocycles. The third kappa shape index (κ3) is 4.98. The zero-order chi connectivity index (χ0) is 11.1. The lowest BCUT2D eigenvalue weighted by Gasteiger charge is -2.18. The molecule has 3 nitrogen and oxygen atoms in total. The van der Waals surface area contributed by atoms with E-state index in [0.29, 0.717) is 18.9 Å². The van der Waals surface area contributed by atoms with E-state index in [4.69, 9.17) is 5.73 Å². The zero-order valence-electron chi connectivity index (χ0n) is 9.54. The van der Waals surface area contributed by atoms with Crippen molar-refractivity contribution in [1.29, 1.82) is 0 Å². The first-order valence-electron chi connectivity index (χ1n) is 5.84. The van der Waals surface area contributed by atoms with Crippen LogP contribution in [0.2, 0.25) is 0 Å². The molecule has 0 radical (unpaired) electrons. The summed E-state index contributed by atoms with van der Waals surface area (Å²) in [6.07, 6.45) is 8.44. The number of nitrogens with one attached hydrogen (secondary N) is 1. The summed E-state index contributed by atoms with van der Waals surface area (Å²) >= 11 is 0. The Morgan fingerprint density at radius 2 is 2.40 bits per heavy atom. The topological polar surface area (TPSA) is 55.1 Å². The van der Waals surface area contributed by atoms with E-state index in [1.54, 1.807) is 0 Å². The Labute approximate surface area is 92.1 Å². The average Bonchev–Trinajstić information content (AvgIpc) is 2.27. The molecule has 0 aliphatic heterocycles. The second-order valence-corrected chi connectivity index (χ2v) is 4.50. The van der Waals surface area contributed by atoms with Crippen molar-refractivity contribution in [2.75, 3.05) is 13.1 Å². The quantitative estimate of drug-likeness (QED) is 0.675. The summed E-state index contributed by atoms with van der Waals surface area (Å²) in [6, 6.07) is 0. The summed E-state index contributed by atoms with van der Waals surface area (Å²) in [4.78, 5) is 11.5. The van der Waals surface area contributed by atoms with Gasteiger partial charge in [-0.3, -0.25) is 4.79 Å². The first-order chi connectivity index (χ1) is 7.22. The third-order valence-corrected chi connectivity index (χ3v) is 2.90. The summed E-state index contributed by atoms with van der Waals surface area (Å²) < 4.78 is 0. The Morgan fingerprint density at radius 1 is 1.60 bits per heavy atom. The van der Waals surface area contributed by atoms with E-state index < -0.39 is 0 Å². The second kappa shape index (κ2) is 6.62. The van der Waals surface area contributed by atoms with Crippen LogP contribution in [0.1, 0.15) is 32.6 Å². The van der Waals surface area contributed by atoms with Gasteiger partial charge in [-0.25, -0.2) is 0 Å². The van der Waals surface area contributed by atoms with Gasteiger partial charge in [-0.1, -0.05) is 19.1 Å². The lowest BCUT2D eigenvalue weighted by Crippen LogP contribution is -2.31. The summed E-state index contributed by atoms with van der Waals surface area (Å²) in [5.41, 5.74) is 5.47. The molecule has 3 heteroatoms. The minimum Gasteiger partial charge on any atom is -0.356 e. The van der Waals surface area contributed by atoms with Crippen LogP contribution in [0.3, 0.4) is 0 Å². The fraction of sp³-hybridized carbons (Fsp3) is 0.750. The molecule has 1 aliphatic carbocycles. The monoisotopic (exact) mass is 210 g/mol. The number of rotatable bonds is 5. The van der Waals surface area contributed by atoms with Crippen molar-refractivity contribution in [2.45, 2.75) is 32.6 Å². The highest BCUT2D eigenvalue weighted by atomic mass is 16.1. The molecule has 0 saturated carbocycles. The fourth-order valence-corrected chi connectivity index (χ4v) is 1.77. The Morgan fingerprint density at radius 3 is 3.00 bits per heavy atom. The van der Waals surface area contributed by atoms with Crippen molar-refractivity contribution >= 4 is 5.91 Å². The van der Waals surface area contributed by atoms with E-state index in [-0.39, 0.29) is 11.8 Å². The van der Waals surface area contributed by atoms with E-state index in [0.717, 1.165) is 19.4 Å². The second-order valence-electron chi connectivity index (χ2n) is 4.50. The number of amides is 1. The van der Waals surface area contributed by atoms with Crippen LogP contribution in [0.15, 0.2) is 12.2 Å². The number of carbonyl (C=O) groups is 1. The number of hydrogen-bond acceptors (Lipinski definition) is 2. The lowest BCUT2D eigenvalue weighted by molar-refractivity contribution is -0.122. The maximum Gasteiger partial charge on any atom is 0.220 e. The Hall–Kier alpha value is -0.830. The highest BCUT2D eigenvalue weighted by molar-refractivity contribution is 5.76. The van der Waals surface area contributed by atoms with E-state index in [1.807, 2.05) is 6.92 Å². The van der Waals surface area contributed by atoms with Crippen molar-refractivity contribution in [1.82, 2.24) is 5.32 Å². The van der Waals surface area contributed by atoms with Gasteiger partial charge < -0.3 is 11.1 Å². The van der Waals surface area contributed by atoms with Crippen LogP contribution in [0, 0.1) is 11.8 Å². The molecule has 1 amide bonds. The van der Waals surface area contributed by atoms with Crippen LogP contribution in [0.5, 0.6) is 0 Å². The average molecular weight is 210 g/mol. The lowest BCUT2D eigenvalue weighted by atomic mass is 9.94. The van der Waals surface area contributed by atoms with Crippen molar-refractivity contribution in [2.24, 2.45) is 17.6 Å². The van der Waals surface area contributed by atoms with Gasteiger partial charge in [0.25, 0.3) is 0 Å². The van der Waals surface area contributed by atoms with Gasteiger partial charge in [0.1, 0.15) is 0 Å². The smallest absolute Gasteiger partial charge is 0.220 e. The predicted molar refractivity (Wildman–Crippen MR) is 62.3 cm³/mol. The molecule has 1 aliphatic rings. The Kier molecular flexibility index (Phi) is 5.40. The molecule has 3 N–H and O–H groups in total. The van der Waals surface area contributed by atoms with Crippen LogP contribution in [0.25, 0.3) is 0 Å². The standard InChI is InChI=1S/C12H22N2O/c1-10(8-13)7-12(15)14-9-11-5-3-2-4-6-11/h2-3,10-11H,4-9,13H2,1H3,(H,14,15). The van der Waals surface area contributed by atoms with Crippen molar-refractivity contribution in [3.05, 3.63) is 12.2 Å². The van der Waals surface area contributed by atoms with Gasteiger partial charge in [0.05, 0.1) is 0 Å². The molecule has 0 fully saturated rings. The molecular weight excluding hydrogens is 188 g/mol. The molecule has 15 heavy (non-hydrogen) atoms. The van der Waals surface area contributed by atoms with Crippen LogP contribution >= 0.6 is 0 Å². The van der Waals surface area contributed by atoms with Crippen molar-refractivity contribution < 1.29 is 4.79 Å². The largest absolute Gasteiger partial charge is 0.356 e. The van der Waals surface area contributed by atoms with Crippen molar-refractivity contribution in [3.63, 3.8) is 0 Å². The molecule has 0 aromatic rings. The molecule has 0 heterocycles. The van der Waals surface area contributed by atoms with Crippen molar-refractivity contribution in [3.8, 4) is 0 Å². The molecule has 2 unspecified atom stereocenters. The first kappa shape index (κ1) is 12.2. The molecule has 0 aromatic heterocycles. The minimum atomic E-state index is 0.141. The van der Waals surface area contributed by atoms with Gasteiger partial charge in [0.15, 0.2) is 0 Å². The Balaban J connectivity index is 2.13. The molecule has 0 saturated heterocycles. The highest BCUT2D eigenvalue weighted by Crippen LogP contribution is 2.16. The number of allylic oxidation sites excluding steroid dienone is 2. The summed E-state index contributed by atoms with van der Waals surface area (Å²) in [5.74, 6) is 1.06. The molecule has 0 bridgehead atoms. The van der Waals surface area contributed by atoms with E-state index in [2.05, 4.69) is 17.5 Å². The van der Waals surface area contributed by atoms with E-state index >= 15 is 0 Å². The highest BCUT2D eigenvalue weighted by Gasteiger charge is 2.12. The number of hydrogen-bond donors (Lipinski definition) is 2. The molecular formula is C12H22N2O. The van der Waals surface area contributed by atoms with E-state index in [9.17, 15) is 4.79 Å². The summed E-state index contributed by atoms with van der Waals surface area (Å²) in [5, 5.41) is 2.99. The van der Waals surface area contributed by atoms with Gasteiger partial charge in [-0.2, -0.15) is 0 Å². The van der Waals surface area contributed by atoms with Crippen LogP contribution in [0.4, 0.5) is 0 Å². The number of carbonyl (C=O) groups excluding carboxylic acids is 1. The third-order valence-electron chi connectivity index (χ3n) is 2.90. The van der Waals surface area contributed by atoms with Crippen LogP contribution in [-0.2, 0) is 4.79 Å². The van der Waals surface area contributed by atoms with Gasteiger partial charge in [0, 0.05) is 13.0 Å². The van der Waals surface area contributed by atoms with Gasteiger partial charge in [-0.05, 0) is 37.6 Å². The molecule has 0 spiro atoms. The molecule has 2 atom stereocenters. The fourth-order valence-electron chi connectivity index (χ4n) is 1.77. The maximum absolute atomic E-state index is 11.5. The maximum atomic E-state index is 11.5. The zero-order valence-corrected chi connectivity index (χ0v) is 9.54. The molecule has 86 valence electrons. The SMILES string of the molecule is CC(CN)CC(=O)NCC1CC=CCC1. The van der Waals surface area contributed by atoms with E-state index in [1.165, 1.54) is 6.42 Å². The van der Waals surface area contributed by atoms with Crippen LogP contribution < -0.4 is 11.1 Å². The van der Waals surface area contributed by atoms with Gasteiger partial charge >= 0.3 is 0 Å². The minimum absolute atomic E-state index is 0.141. The summed E-state index contributed by atoms with van der Waals surface area (Å²) in [6.45, 7) is 3.41. The first-order valence-corrected chi connectivity index (χ1v) is 5.84. The summed E-state index contributed by atoms with van der Waals surface area (Å²) in [7, 11) is 0. The number of nitrogens with two attached hydrogens (primary N) is 1. The van der Waals surface area contributed by atoms with Gasteiger partial charge in [-0.15, -0.1) is 0 Å². The van der Waals surface area contributed by atoms with Crippen LogP contribution in [-0.4, -0.2) is 19.0 Å². The Bertz CT molecular complexity index is 226. The molecule has 1 rings (SSSR count). The normalized spacial score (nSPS) is 22.4. The predicted octanol–water partition coefficient (Wildman–Crippen LogP) is 1.44. The van der Waals surface area contributed by atoms with Gasteiger partial charge in [0.2, 0.25) is 5.91 Å².